The molecule has 0 saturated heterocycles. The molecule has 1 amide bonds. The second kappa shape index (κ2) is 9.17. The number of carboxylic acids is 1. The smallest absolute Gasteiger partial charge is 0.303 e. The maximum absolute atomic E-state index is 12.2. The molecule has 5 nitrogen and oxygen atoms in total. The number of aryl methyl sites for hydroxylation is 1. The van der Waals surface area contributed by atoms with Gasteiger partial charge in [0.25, 0.3) is 5.91 Å². The van der Waals surface area contributed by atoms with Gasteiger partial charge in [-0.1, -0.05) is 18.9 Å². The van der Waals surface area contributed by atoms with Crippen molar-refractivity contribution in [2.24, 2.45) is 0 Å². The summed E-state index contributed by atoms with van der Waals surface area (Å²) in [6.07, 6.45) is 3.55. The molecule has 2 rings (SSSR count). The highest BCUT2D eigenvalue weighted by molar-refractivity contribution is 7.13. The fourth-order valence-corrected chi connectivity index (χ4v) is 3.11. The zero-order chi connectivity index (χ0) is 17.4. The number of pyridine rings is 1. The van der Waals surface area contributed by atoms with E-state index in [4.69, 9.17) is 5.11 Å². The van der Waals surface area contributed by atoms with Crippen molar-refractivity contribution in [2.45, 2.75) is 39.0 Å². The summed E-state index contributed by atoms with van der Waals surface area (Å²) in [5, 5.41) is 13.5. The summed E-state index contributed by atoms with van der Waals surface area (Å²) in [6, 6.07) is 7.68. The predicted molar refractivity (Wildman–Crippen MR) is 95.3 cm³/mol. The SMILES string of the molecule is Cc1nc(-c2cccs2)ccc1C(=O)NCCCCCCC(=O)O. The third-order valence-electron chi connectivity index (χ3n) is 3.71. The molecular weight excluding hydrogens is 324 g/mol. The highest BCUT2D eigenvalue weighted by Crippen LogP contribution is 2.23. The summed E-state index contributed by atoms with van der Waals surface area (Å²) in [5.74, 6) is -0.861. The molecule has 0 aromatic carbocycles. The Morgan fingerprint density at radius 1 is 1.17 bits per heavy atom. The minimum absolute atomic E-state index is 0.108. The van der Waals surface area contributed by atoms with Crippen molar-refractivity contribution in [3.05, 3.63) is 40.9 Å². The molecule has 2 N–H and O–H groups in total. The first kappa shape index (κ1) is 18.1. The number of nitrogens with zero attached hydrogens (tertiary/aromatic N) is 1. The molecule has 0 aliphatic heterocycles. The Balaban J connectivity index is 1.77. The highest BCUT2D eigenvalue weighted by atomic mass is 32.1. The molecule has 0 saturated carbocycles. The van der Waals surface area contributed by atoms with Crippen molar-refractivity contribution in [2.75, 3.05) is 6.54 Å². The van der Waals surface area contributed by atoms with Gasteiger partial charge in [-0.15, -0.1) is 11.3 Å². The van der Waals surface area contributed by atoms with Crippen LogP contribution in [0.15, 0.2) is 29.6 Å². The van der Waals surface area contributed by atoms with Crippen molar-refractivity contribution < 1.29 is 14.7 Å². The second-order valence-electron chi connectivity index (χ2n) is 5.62. The first-order valence-corrected chi connectivity index (χ1v) is 8.97. The van der Waals surface area contributed by atoms with Gasteiger partial charge in [-0.2, -0.15) is 0 Å². The minimum Gasteiger partial charge on any atom is -0.481 e. The molecule has 0 fully saturated rings. The number of hydrogen-bond donors (Lipinski definition) is 2. The van der Waals surface area contributed by atoms with Gasteiger partial charge in [-0.25, -0.2) is 0 Å². The van der Waals surface area contributed by atoms with Crippen LogP contribution in [0.25, 0.3) is 10.6 Å². The van der Waals surface area contributed by atoms with Gasteiger partial charge in [0.1, 0.15) is 0 Å². The van der Waals surface area contributed by atoms with Gasteiger partial charge in [0.05, 0.1) is 21.8 Å². The molecule has 0 bridgehead atoms. The molecular formula is C18H22N2O3S. The summed E-state index contributed by atoms with van der Waals surface area (Å²) in [7, 11) is 0. The molecule has 24 heavy (non-hydrogen) atoms. The number of carbonyl (C=O) groups excluding carboxylic acids is 1. The van der Waals surface area contributed by atoms with Crippen LogP contribution in [0.5, 0.6) is 0 Å². The van der Waals surface area contributed by atoms with E-state index in [0.717, 1.165) is 35.5 Å². The van der Waals surface area contributed by atoms with E-state index in [-0.39, 0.29) is 12.3 Å². The zero-order valence-corrected chi connectivity index (χ0v) is 14.6. The summed E-state index contributed by atoms with van der Waals surface area (Å²) in [6.45, 7) is 2.44. The fourth-order valence-electron chi connectivity index (χ4n) is 2.41. The molecule has 2 aromatic heterocycles. The van der Waals surface area contributed by atoms with Gasteiger partial charge in [0.2, 0.25) is 0 Å². The fraction of sp³-hybridized carbons (Fsp3) is 0.389. The van der Waals surface area contributed by atoms with Crippen LogP contribution in [0.3, 0.4) is 0 Å². The Morgan fingerprint density at radius 3 is 2.62 bits per heavy atom. The lowest BCUT2D eigenvalue weighted by molar-refractivity contribution is -0.137. The monoisotopic (exact) mass is 346 g/mol. The molecule has 0 aliphatic carbocycles. The van der Waals surface area contributed by atoms with Gasteiger partial charge >= 0.3 is 5.97 Å². The summed E-state index contributed by atoms with van der Waals surface area (Å²) in [4.78, 5) is 28.2. The average Bonchev–Trinajstić information content (AvgIpc) is 3.07. The van der Waals surface area contributed by atoms with E-state index >= 15 is 0 Å². The third-order valence-corrected chi connectivity index (χ3v) is 4.60. The number of carbonyl (C=O) groups is 2. The van der Waals surface area contributed by atoms with Gasteiger partial charge in [0, 0.05) is 13.0 Å². The van der Waals surface area contributed by atoms with Gasteiger partial charge in [-0.05, 0) is 43.3 Å². The predicted octanol–water partition coefficient (Wildman–Crippen LogP) is 3.88. The van der Waals surface area contributed by atoms with E-state index in [1.807, 2.05) is 36.6 Å². The molecule has 6 heteroatoms. The number of carboxylic acid groups (broad SMARTS) is 1. The van der Waals surface area contributed by atoms with Crippen molar-refractivity contribution in [3.8, 4) is 10.6 Å². The molecule has 2 aromatic rings. The van der Waals surface area contributed by atoms with Crippen molar-refractivity contribution >= 4 is 23.2 Å². The van der Waals surface area contributed by atoms with Crippen LogP contribution in [0.2, 0.25) is 0 Å². The topological polar surface area (TPSA) is 79.3 Å². The van der Waals surface area contributed by atoms with Crippen LogP contribution in [0, 0.1) is 6.92 Å². The number of amides is 1. The standard InChI is InChI=1S/C18H22N2O3S/c1-13-14(9-10-15(20-13)16-7-6-12-24-16)18(23)19-11-5-3-2-4-8-17(21)22/h6-7,9-10,12H,2-5,8,11H2,1H3,(H,19,23)(H,21,22). The van der Waals surface area contributed by atoms with E-state index in [1.54, 1.807) is 11.3 Å². The zero-order valence-electron chi connectivity index (χ0n) is 13.7. The van der Waals surface area contributed by atoms with Crippen molar-refractivity contribution in [1.82, 2.24) is 10.3 Å². The maximum atomic E-state index is 12.2. The van der Waals surface area contributed by atoms with Crippen LogP contribution in [-0.4, -0.2) is 28.5 Å². The number of rotatable bonds is 9. The molecule has 0 aliphatic rings. The Morgan fingerprint density at radius 2 is 1.96 bits per heavy atom. The lowest BCUT2D eigenvalue weighted by Crippen LogP contribution is -2.25. The van der Waals surface area contributed by atoms with Crippen LogP contribution >= 0.6 is 11.3 Å². The Hall–Kier alpha value is -2.21. The number of unbranched alkanes of at least 4 members (excludes halogenated alkanes) is 3. The molecule has 0 atom stereocenters. The lowest BCUT2D eigenvalue weighted by atomic mass is 10.1. The van der Waals surface area contributed by atoms with E-state index in [1.165, 1.54) is 0 Å². The van der Waals surface area contributed by atoms with Crippen molar-refractivity contribution in [1.29, 1.82) is 0 Å². The first-order valence-electron chi connectivity index (χ1n) is 8.09. The Labute approximate surface area is 145 Å². The summed E-state index contributed by atoms with van der Waals surface area (Å²) in [5.41, 5.74) is 2.21. The summed E-state index contributed by atoms with van der Waals surface area (Å²) < 4.78 is 0. The normalized spacial score (nSPS) is 10.5. The Kier molecular flexibility index (Phi) is 6.93. The molecule has 0 spiro atoms. The Bertz CT molecular complexity index is 684. The van der Waals surface area contributed by atoms with E-state index in [2.05, 4.69) is 10.3 Å². The number of hydrogen-bond acceptors (Lipinski definition) is 4. The van der Waals surface area contributed by atoms with Crippen molar-refractivity contribution in [3.63, 3.8) is 0 Å². The second-order valence-corrected chi connectivity index (χ2v) is 6.57. The molecule has 0 unspecified atom stereocenters. The maximum Gasteiger partial charge on any atom is 0.303 e. The molecule has 0 radical (unpaired) electrons. The number of aliphatic carboxylic acids is 1. The van der Waals surface area contributed by atoms with Crippen LogP contribution in [-0.2, 0) is 4.79 Å². The number of aromatic nitrogens is 1. The third kappa shape index (κ3) is 5.45. The minimum atomic E-state index is -0.753. The van der Waals surface area contributed by atoms with Crippen LogP contribution in [0.1, 0.15) is 48.2 Å². The first-order chi connectivity index (χ1) is 11.6. The van der Waals surface area contributed by atoms with Crippen LogP contribution < -0.4 is 5.32 Å². The average molecular weight is 346 g/mol. The highest BCUT2D eigenvalue weighted by Gasteiger charge is 2.11. The number of nitrogens with one attached hydrogen (secondary N) is 1. The van der Waals surface area contributed by atoms with Gasteiger partial charge in [-0.3, -0.25) is 14.6 Å². The van der Waals surface area contributed by atoms with Gasteiger partial charge in [0.15, 0.2) is 0 Å². The van der Waals surface area contributed by atoms with Gasteiger partial charge < -0.3 is 10.4 Å². The van der Waals surface area contributed by atoms with Crippen LogP contribution in [0.4, 0.5) is 0 Å². The molecule has 128 valence electrons. The van der Waals surface area contributed by atoms with E-state index in [9.17, 15) is 9.59 Å². The number of thiophene rings is 1. The largest absolute Gasteiger partial charge is 0.481 e. The quantitative estimate of drug-likeness (QED) is 0.675. The molecule has 2 heterocycles. The van der Waals surface area contributed by atoms with E-state index in [0.29, 0.717) is 18.5 Å². The van der Waals surface area contributed by atoms with E-state index < -0.39 is 5.97 Å². The summed E-state index contributed by atoms with van der Waals surface area (Å²) >= 11 is 1.62. The lowest BCUT2D eigenvalue weighted by Gasteiger charge is -2.08.